The molecule has 3 rings (SSSR count). The van der Waals surface area contributed by atoms with Crippen molar-refractivity contribution < 1.29 is 8.78 Å². The molecule has 1 aromatic carbocycles. The van der Waals surface area contributed by atoms with E-state index in [1.165, 1.54) is 12.3 Å². The Bertz CT molecular complexity index is 907. The smallest absolute Gasteiger partial charge is 0.280 e. The predicted molar refractivity (Wildman–Crippen MR) is 97.9 cm³/mol. The number of benzene rings is 1. The first-order valence-electron chi connectivity index (χ1n) is 8.11. The molecule has 0 aliphatic carbocycles. The second kappa shape index (κ2) is 7.43. The molecule has 7 heteroatoms. The Morgan fingerprint density at radius 2 is 1.77 bits per heavy atom. The molecule has 26 heavy (non-hydrogen) atoms. The lowest BCUT2D eigenvalue weighted by Crippen LogP contribution is -2.06. The molecule has 5 nitrogen and oxygen atoms in total. The number of pyridine rings is 1. The summed E-state index contributed by atoms with van der Waals surface area (Å²) in [5.74, 6) is 0.675. The molecular formula is C19H19F2N5. The summed E-state index contributed by atoms with van der Waals surface area (Å²) in [6.45, 7) is 4.36. The third-order valence-corrected chi connectivity index (χ3v) is 3.80. The van der Waals surface area contributed by atoms with E-state index in [0.717, 1.165) is 16.7 Å². The van der Waals surface area contributed by atoms with Crippen LogP contribution in [0.4, 0.5) is 20.5 Å². The summed E-state index contributed by atoms with van der Waals surface area (Å²) in [5.41, 5.74) is 10.2. The van der Waals surface area contributed by atoms with E-state index in [0.29, 0.717) is 23.6 Å². The Labute approximate surface area is 150 Å². The van der Waals surface area contributed by atoms with E-state index in [1.807, 2.05) is 26.0 Å². The summed E-state index contributed by atoms with van der Waals surface area (Å²) in [6, 6.07) is 11.0. The number of aryl methyl sites for hydroxylation is 2. The van der Waals surface area contributed by atoms with E-state index < -0.39 is 6.43 Å². The lowest BCUT2D eigenvalue weighted by Gasteiger charge is -2.10. The molecule has 2 heterocycles. The number of nitrogens with one attached hydrogen (secondary N) is 1. The predicted octanol–water partition coefficient (Wildman–Crippen LogP) is 4.29. The average Bonchev–Trinajstić information content (AvgIpc) is 2.59. The number of nitrogens with two attached hydrogens (primary N) is 1. The summed E-state index contributed by atoms with van der Waals surface area (Å²) in [7, 11) is 0. The van der Waals surface area contributed by atoms with Gasteiger partial charge in [-0.1, -0.05) is 17.2 Å². The minimum Gasteiger partial charge on any atom is -0.368 e. The molecule has 0 spiro atoms. The van der Waals surface area contributed by atoms with Crippen molar-refractivity contribution in [2.75, 3.05) is 11.1 Å². The van der Waals surface area contributed by atoms with Crippen LogP contribution in [0.15, 0.2) is 42.6 Å². The Kier molecular flexibility index (Phi) is 5.06. The van der Waals surface area contributed by atoms with Crippen LogP contribution in [0.2, 0.25) is 0 Å². The fourth-order valence-corrected chi connectivity index (χ4v) is 2.74. The van der Waals surface area contributed by atoms with Crippen molar-refractivity contribution in [3.05, 3.63) is 65.0 Å². The van der Waals surface area contributed by atoms with Crippen LogP contribution in [0, 0.1) is 13.8 Å². The van der Waals surface area contributed by atoms with E-state index in [4.69, 9.17) is 5.73 Å². The number of hydrogen-bond acceptors (Lipinski definition) is 5. The molecule has 3 N–H and O–H groups in total. The minimum atomic E-state index is -2.60. The fourth-order valence-electron chi connectivity index (χ4n) is 2.74. The highest BCUT2D eigenvalue weighted by Gasteiger charge is 2.10. The van der Waals surface area contributed by atoms with Gasteiger partial charge >= 0.3 is 0 Å². The van der Waals surface area contributed by atoms with Crippen molar-refractivity contribution in [3.63, 3.8) is 0 Å². The van der Waals surface area contributed by atoms with Gasteiger partial charge in [0.2, 0.25) is 5.95 Å². The van der Waals surface area contributed by atoms with Crippen LogP contribution in [0.3, 0.4) is 0 Å². The monoisotopic (exact) mass is 355 g/mol. The van der Waals surface area contributed by atoms with Crippen molar-refractivity contribution in [1.82, 2.24) is 15.0 Å². The van der Waals surface area contributed by atoms with Gasteiger partial charge in [-0.15, -0.1) is 0 Å². The van der Waals surface area contributed by atoms with Crippen LogP contribution < -0.4 is 11.1 Å². The molecule has 0 fully saturated rings. The van der Waals surface area contributed by atoms with Crippen molar-refractivity contribution in [2.45, 2.75) is 26.8 Å². The Balaban J connectivity index is 1.83. The van der Waals surface area contributed by atoms with Gasteiger partial charge in [0.25, 0.3) is 6.43 Å². The van der Waals surface area contributed by atoms with Crippen LogP contribution >= 0.6 is 0 Å². The third kappa shape index (κ3) is 4.30. The van der Waals surface area contributed by atoms with E-state index in [-0.39, 0.29) is 11.6 Å². The van der Waals surface area contributed by atoms with Crippen LogP contribution in [-0.2, 0) is 6.54 Å². The average molecular weight is 355 g/mol. The number of rotatable bonds is 5. The van der Waals surface area contributed by atoms with Gasteiger partial charge in [0.1, 0.15) is 11.5 Å². The molecule has 0 aliphatic heterocycles. The molecule has 0 amide bonds. The summed E-state index contributed by atoms with van der Waals surface area (Å²) >= 11 is 0. The number of aromatic nitrogens is 3. The Hall–Kier alpha value is -3.09. The molecule has 0 unspecified atom stereocenters. The molecule has 0 saturated heterocycles. The highest BCUT2D eigenvalue weighted by molar-refractivity contribution is 5.65. The van der Waals surface area contributed by atoms with E-state index in [1.54, 1.807) is 12.1 Å². The maximum absolute atomic E-state index is 12.7. The number of hydrogen-bond donors (Lipinski definition) is 2. The van der Waals surface area contributed by atoms with Crippen molar-refractivity contribution >= 4 is 11.8 Å². The van der Waals surface area contributed by atoms with Gasteiger partial charge in [-0.25, -0.2) is 13.8 Å². The lowest BCUT2D eigenvalue weighted by molar-refractivity contribution is 0.146. The molecule has 0 saturated carbocycles. The van der Waals surface area contributed by atoms with E-state index in [2.05, 4.69) is 26.3 Å². The third-order valence-electron chi connectivity index (χ3n) is 3.80. The summed E-state index contributed by atoms with van der Waals surface area (Å²) < 4.78 is 25.5. The summed E-state index contributed by atoms with van der Waals surface area (Å²) in [6.07, 6.45) is -1.23. The largest absolute Gasteiger partial charge is 0.368 e. The highest BCUT2D eigenvalue weighted by atomic mass is 19.3. The highest BCUT2D eigenvalue weighted by Crippen LogP contribution is 2.24. The number of anilines is 2. The van der Waals surface area contributed by atoms with Gasteiger partial charge in [0.05, 0.1) is 5.69 Å². The molecule has 3 aromatic rings. The minimum absolute atomic E-state index is 0.146. The van der Waals surface area contributed by atoms with Crippen molar-refractivity contribution in [1.29, 1.82) is 0 Å². The molecule has 0 radical (unpaired) electrons. The second-order valence-corrected chi connectivity index (χ2v) is 6.12. The number of nitrogens with zero attached hydrogens (tertiary/aromatic N) is 3. The van der Waals surface area contributed by atoms with Crippen LogP contribution in [0.1, 0.15) is 28.8 Å². The maximum atomic E-state index is 12.7. The van der Waals surface area contributed by atoms with Gasteiger partial charge < -0.3 is 11.1 Å². The number of alkyl halides is 2. The van der Waals surface area contributed by atoms with Crippen molar-refractivity contribution in [2.24, 2.45) is 0 Å². The summed E-state index contributed by atoms with van der Waals surface area (Å²) in [5, 5.41) is 3.10. The molecule has 0 bridgehead atoms. The van der Waals surface area contributed by atoms with Gasteiger partial charge in [-0.2, -0.15) is 4.98 Å². The second-order valence-electron chi connectivity index (χ2n) is 6.12. The van der Waals surface area contributed by atoms with Gasteiger partial charge in [-0.05, 0) is 43.7 Å². The van der Waals surface area contributed by atoms with Crippen LogP contribution in [0.25, 0.3) is 11.3 Å². The topological polar surface area (TPSA) is 76.7 Å². The zero-order valence-corrected chi connectivity index (χ0v) is 14.5. The molecule has 2 aromatic heterocycles. The van der Waals surface area contributed by atoms with Crippen molar-refractivity contribution in [3.8, 4) is 11.3 Å². The molecule has 0 aliphatic rings. The fraction of sp³-hybridized carbons (Fsp3) is 0.211. The first kappa shape index (κ1) is 17.7. The summed E-state index contributed by atoms with van der Waals surface area (Å²) in [4.78, 5) is 12.1. The standard InChI is InChI=1S/C19H19F2N5/c1-11-5-12(2)7-14(6-11)15-9-17(26-19(22)25-15)24-10-13-3-4-23-16(8-13)18(20)21/h3-9,18H,10H2,1-2H3,(H3,22,24,25,26). The quantitative estimate of drug-likeness (QED) is 0.714. The van der Waals surface area contributed by atoms with E-state index in [9.17, 15) is 8.78 Å². The normalized spacial score (nSPS) is 11.0. The Morgan fingerprint density at radius 3 is 2.46 bits per heavy atom. The number of nitrogen functional groups attached to an aromatic ring is 1. The van der Waals surface area contributed by atoms with Crippen LogP contribution in [-0.4, -0.2) is 15.0 Å². The van der Waals surface area contributed by atoms with Crippen LogP contribution in [0.5, 0.6) is 0 Å². The first-order valence-corrected chi connectivity index (χ1v) is 8.11. The first-order chi connectivity index (χ1) is 12.4. The van der Waals surface area contributed by atoms with Gasteiger partial charge in [-0.3, -0.25) is 4.98 Å². The maximum Gasteiger partial charge on any atom is 0.280 e. The SMILES string of the molecule is Cc1cc(C)cc(-c2cc(NCc3ccnc(C(F)F)c3)nc(N)n2)c1. The van der Waals surface area contributed by atoms with E-state index >= 15 is 0 Å². The molecule has 0 atom stereocenters. The van der Waals surface area contributed by atoms with Gasteiger partial charge in [0.15, 0.2) is 0 Å². The number of halogens is 2. The van der Waals surface area contributed by atoms with Gasteiger partial charge in [0, 0.05) is 24.4 Å². The Morgan fingerprint density at radius 1 is 1.04 bits per heavy atom. The zero-order chi connectivity index (χ0) is 18.7. The lowest BCUT2D eigenvalue weighted by atomic mass is 10.0. The molecule has 134 valence electrons. The molecular weight excluding hydrogens is 336 g/mol. The zero-order valence-electron chi connectivity index (χ0n) is 14.5.